The van der Waals surface area contributed by atoms with Crippen molar-refractivity contribution >= 4 is 21.9 Å². The summed E-state index contributed by atoms with van der Waals surface area (Å²) in [5.74, 6) is 0.0813. The monoisotopic (exact) mass is 595 g/mol. The van der Waals surface area contributed by atoms with Crippen LogP contribution in [0, 0.1) is 12.8 Å². The number of hydrogen-bond acceptors (Lipinski definition) is 5. The van der Waals surface area contributed by atoms with Crippen molar-refractivity contribution in [2.75, 3.05) is 13.1 Å². The van der Waals surface area contributed by atoms with Crippen LogP contribution >= 0.6 is 0 Å². The first-order valence-electron chi connectivity index (χ1n) is 15.0. The number of aryl methyl sites for hydroxylation is 1. The summed E-state index contributed by atoms with van der Waals surface area (Å²) in [4.78, 5) is 22.3. The predicted molar refractivity (Wildman–Crippen MR) is 171 cm³/mol. The van der Waals surface area contributed by atoms with Crippen LogP contribution in [0.15, 0.2) is 53.5 Å². The summed E-state index contributed by atoms with van der Waals surface area (Å²) >= 11 is 0. The van der Waals surface area contributed by atoms with E-state index in [2.05, 4.69) is 36.2 Å². The van der Waals surface area contributed by atoms with E-state index >= 15 is 0 Å². The van der Waals surface area contributed by atoms with Crippen LogP contribution in [0.25, 0.3) is 0 Å². The Hall–Kier alpha value is -2.49. The van der Waals surface area contributed by atoms with Gasteiger partial charge >= 0.3 is 0 Å². The largest absolute Gasteiger partial charge is 0.352 e. The van der Waals surface area contributed by atoms with Crippen LogP contribution in [0.4, 0.5) is 0 Å². The van der Waals surface area contributed by atoms with Gasteiger partial charge in [-0.1, -0.05) is 116 Å². The molecule has 1 aromatic carbocycles. The third-order valence-corrected chi connectivity index (χ3v) is 6.96. The predicted octanol–water partition coefficient (Wildman–Crippen LogP) is 7.07. The fraction of sp³-hybridized carbons (Fsp3) is 0.625. The molecule has 0 aromatic heterocycles. The molecule has 9 heteroatoms. The van der Waals surface area contributed by atoms with Crippen molar-refractivity contribution in [3.05, 3.63) is 54.1 Å². The Labute approximate surface area is 250 Å². The summed E-state index contributed by atoms with van der Waals surface area (Å²) in [6.45, 7) is 20.6. The molecule has 4 N–H and O–H groups in total. The van der Waals surface area contributed by atoms with Gasteiger partial charge in [0.25, 0.3) is 16.0 Å². The van der Waals surface area contributed by atoms with Gasteiger partial charge in [0, 0.05) is 24.2 Å². The average Bonchev–Trinajstić information content (AvgIpc) is 2.91. The highest BCUT2D eigenvalue weighted by molar-refractivity contribution is 7.85. The highest BCUT2D eigenvalue weighted by Gasteiger charge is 2.09. The third kappa shape index (κ3) is 25.0. The summed E-state index contributed by atoms with van der Waals surface area (Å²) in [5.41, 5.74) is 7.55. The van der Waals surface area contributed by atoms with Gasteiger partial charge in [-0.2, -0.15) is 8.42 Å². The van der Waals surface area contributed by atoms with E-state index in [1.807, 2.05) is 27.7 Å². The number of benzene rings is 1. The average molecular weight is 596 g/mol. The van der Waals surface area contributed by atoms with Crippen molar-refractivity contribution < 1.29 is 22.6 Å². The molecule has 0 aliphatic heterocycles. The summed E-state index contributed by atoms with van der Waals surface area (Å²) in [5, 5.41) is 2.87. The number of unbranched alkanes of at least 4 members (excludes halogenated alkanes) is 9. The Bertz CT molecular complexity index is 974. The lowest BCUT2D eigenvalue weighted by Crippen LogP contribution is -2.39. The van der Waals surface area contributed by atoms with E-state index in [-0.39, 0.29) is 22.6 Å². The van der Waals surface area contributed by atoms with Crippen molar-refractivity contribution in [2.24, 2.45) is 5.92 Å². The number of carbonyl (C=O) groups excluding carboxylic acids is 2. The number of nitrogens with one attached hydrogen (secondary N) is 3. The molecule has 0 fully saturated rings. The smallest absolute Gasteiger partial charge is 0.294 e. The Morgan fingerprint density at radius 3 is 1.71 bits per heavy atom. The van der Waals surface area contributed by atoms with Gasteiger partial charge in [-0.25, -0.2) is 5.43 Å². The van der Waals surface area contributed by atoms with E-state index in [9.17, 15) is 18.0 Å². The van der Waals surface area contributed by atoms with Crippen LogP contribution in [-0.2, 0) is 19.7 Å². The second-order valence-corrected chi connectivity index (χ2v) is 12.0. The third-order valence-electron chi connectivity index (χ3n) is 6.09. The van der Waals surface area contributed by atoms with Gasteiger partial charge in [-0.3, -0.25) is 19.6 Å². The molecule has 236 valence electrons. The molecule has 0 aliphatic rings. The Balaban J connectivity index is 0. The zero-order valence-corrected chi connectivity index (χ0v) is 27.3. The van der Waals surface area contributed by atoms with Crippen LogP contribution in [0.5, 0.6) is 0 Å². The molecule has 0 atom stereocenters. The van der Waals surface area contributed by atoms with E-state index in [1.165, 1.54) is 69.9 Å². The minimum absolute atomic E-state index is 0.00840. The molecule has 0 heterocycles. The second-order valence-electron chi connectivity index (χ2n) is 10.6. The van der Waals surface area contributed by atoms with Crippen molar-refractivity contribution in [1.82, 2.24) is 16.2 Å². The number of hydrazine groups is 1. The van der Waals surface area contributed by atoms with Crippen molar-refractivity contribution in [2.45, 2.75) is 117 Å². The molecule has 0 unspecified atom stereocenters. The highest BCUT2D eigenvalue weighted by Crippen LogP contribution is 2.10. The standard InChI is InChI=1S/C16H31NO.C9H18N2O.C7H8O3S/c1-4-5-6-7-8-9-10-11-12-13-14-17-16(18)15(2)3;1-5-6-10-11-9(12)8(4)7(2)3;1-6-2-4-7(5-3-6)11(8,9)10/h2,4-14H2,1,3H3,(H,17,18);7,10H,4-6H2,1-3H3,(H,11,12);2-5H,1H3,(H,8,9,10). The van der Waals surface area contributed by atoms with Gasteiger partial charge < -0.3 is 5.32 Å². The topological polar surface area (TPSA) is 125 Å². The summed E-state index contributed by atoms with van der Waals surface area (Å²) in [7, 11) is -4.02. The molecule has 0 saturated heterocycles. The van der Waals surface area contributed by atoms with Gasteiger partial charge in [0.15, 0.2) is 0 Å². The zero-order chi connectivity index (χ0) is 31.7. The van der Waals surface area contributed by atoms with E-state index < -0.39 is 10.1 Å². The summed E-state index contributed by atoms with van der Waals surface area (Å²) in [6, 6.07) is 5.99. The van der Waals surface area contributed by atoms with Crippen molar-refractivity contribution in [3.8, 4) is 0 Å². The molecule has 1 aromatic rings. The fourth-order valence-corrected chi connectivity index (χ4v) is 3.77. The maximum Gasteiger partial charge on any atom is 0.294 e. The Morgan fingerprint density at radius 2 is 1.29 bits per heavy atom. The van der Waals surface area contributed by atoms with E-state index in [1.54, 1.807) is 19.1 Å². The fourth-order valence-electron chi connectivity index (χ4n) is 3.29. The molecule has 0 aliphatic carbocycles. The lowest BCUT2D eigenvalue weighted by atomic mass is 10.1. The molecule has 1 rings (SSSR count). The van der Waals surface area contributed by atoms with Gasteiger partial charge in [-0.15, -0.1) is 0 Å². The minimum atomic E-state index is -4.02. The van der Waals surface area contributed by atoms with Gasteiger partial charge in [-0.05, 0) is 44.7 Å². The first kappa shape index (κ1) is 40.6. The van der Waals surface area contributed by atoms with E-state index in [0.29, 0.717) is 11.1 Å². The van der Waals surface area contributed by atoms with Crippen LogP contribution < -0.4 is 16.2 Å². The molecule has 0 radical (unpaired) electrons. The lowest BCUT2D eigenvalue weighted by molar-refractivity contribution is -0.119. The lowest BCUT2D eigenvalue weighted by Gasteiger charge is -2.10. The normalized spacial score (nSPS) is 10.5. The highest BCUT2D eigenvalue weighted by atomic mass is 32.2. The molecule has 8 nitrogen and oxygen atoms in total. The Morgan fingerprint density at radius 1 is 0.805 bits per heavy atom. The minimum Gasteiger partial charge on any atom is -0.352 e. The van der Waals surface area contributed by atoms with Crippen molar-refractivity contribution in [1.29, 1.82) is 0 Å². The molecular weight excluding hydrogens is 538 g/mol. The summed E-state index contributed by atoms with van der Waals surface area (Å²) in [6.07, 6.45) is 14.3. The number of rotatable bonds is 18. The molecule has 41 heavy (non-hydrogen) atoms. The van der Waals surface area contributed by atoms with Crippen LogP contribution in [0.3, 0.4) is 0 Å². The van der Waals surface area contributed by atoms with Crippen LogP contribution in [0.2, 0.25) is 0 Å². The van der Waals surface area contributed by atoms with Crippen LogP contribution in [0.1, 0.15) is 111 Å². The summed E-state index contributed by atoms with van der Waals surface area (Å²) < 4.78 is 29.6. The number of amides is 2. The van der Waals surface area contributed by atoms with Crippen molar-refractivity contribution in [3.63, 3.8) is 0 Å². The Kier molecular flexibility index (Phi) is 25.0. The second kappa shape index (κ2) is 25.2. The van der Waals surface area contributed by atoms with Gasteiger partial charge in [0.05, 0.1) is 4.90 Å². The maximum absolute atomic E-state index is 11.2. The molecule has 2 amide bonds. The number of hydrogen-bond donors (Lipinski definition) is 4. The maximum atomic E-state index is 11.2. The molecular formula is C32H57N3O5S. The van der Waals surface area contributed by atoms with E-state index in [4.69, 9.17) is 4.55 Å². The molecule has 0 spiro atoms. The van der Waals surface area contributed by atoms with Crippen LogP contribution in [-0.4, -0.2) is 37.9 Å². The molecule has 0 bridgehead atoms. The van der Waals surface area contributed by atoms with Gasteiger partial charge in [0.1, 0.15) is 0 Å². The first-order chi connectivity index (χ1) is 19.3. The first-order valence-corrected chi connectivity index (χ1v) is 16.4. The molecule has 0 saturated carbocycles. The SMILES string of the molecule is C=C(C(=O)NNCCC)C(C)C.C=C(C)C(=O)NCCCCCCCCCCCC.Cc1ccc(S(=O)(=O)O)cc1. The quantitative estimate of drug-likeness (QED) is 0.0623. The van der Waals surface area contributed by atoms with Gasteiger partial charge in [0.2, 0.25) is 5.91 Å². The van der Waals surface area contributed by atoms with E-state index in [0.717, 1.165) is 31.5 Å². The number of carbonyl (C=O) groups is 2. The zero-order valence-electron chi connectivity index (χ0n) is 26.5.